The van der Waals surface area contributed by atoms with Crippen molar-refractivity contribution < 1.29 is 4.74 Å². The van der Waals surface area contributed by atoms with Crippen LogP contribution in [-0.2, 0) is 0 Å². The Kier molecular flexibility index (Phi) is 4.27. The molecule has 0 aliphatic heterocycles. The highest BCUT2D eigenvalue weighted by Crippen LogP contribution is 2.29. The minimum atomic E-state index is 0.506. The van der Waals surface area contributed by atoms with Crippen LogP contribution < -0.4 is 10.0 Å². The highest BCUT2D eigenvalue weighted by molar-refractivity contribution is 7.27. The zero-order chi connectivity index (χ0) is 13.1. The molecule has 0 aliphatic carbocycles. The van der Waals surface area contributed by atoms with Gasteiger partial charge in [-0.3, -0.25) is 0 Å². The van der Waals surface area contributed by atoms with E-state index in [0.717, 1.165) is 11.1 Å². The maximum Gasteiger partial charge on any atom is 0.146 e. The van der Waals surface area contributed by atoms with Gasteiger partial charge in [-0.1, -0.05) is 43.6 Å². The molecular weight excluding hydrogens is 263 g/mol. The number of halogens is 1. The molecule has 0 aromatic heterocycles. The lowest BCUT2D eigenvalue weighted by molar-refractivity contribution is 0.483. The van der Waals surface area contributed by atoms with E-state index in [-0.39, 0.29) is 0 Å². The quantitative estimate of drug-likeness (QED) is 0.736. The lowest BCUT2D eigenvalue weighted by Gasteiger charge is -2.12. The molecule has 2 aromatic carbocycles. The first-order valence-corrected chi connectivity index (χ1v) is 6.85. The van der Waals surface area contributed by atoms with Crippen molar-refractivity contribution >= 4 is 26.1 Å². The van der Waals surface area contributed by atoms with E-state index in [1.165, 1.54) is 5.56 Å². The molecule has 1 unspecified atom stereocenters. The summed E-state index contributed by atoms with van der Waals surface area (Å²) < 4.78 is 5.78. The fraction of sp³-hybridized carbons (Fsp3) is 0.200. The van der Waals surface area contributed by atoms with Crippen molar-refractivity contribution in [2.45, 2.75) is 19.8 Å². The van der Waals surface area contributed by atoms with Crippen LogP contribution in [0.3, 0.4) is 0 Å². The van der Waals surface area contributed by atoms with Crippen LogP contribution >= 0.6 is 20.8 Å². The molecule has 0 saturated carbocycles. The first kappa shape index (κ1) is 13.4. The summed E-state index contributed by atoms with van der Waals surface area (Å²) in [5.74, 6) is 1.99. The van der Waals surface area contributed by atoms with Gasteiger partial charge >= 0.3 is 0 Å². The number of para-hydroxylation sites is 1. The molecule has 0 N–H and O–H groups in total. The van der Waals surface area contributed by atoms with Crippen molar-refractivity contribution in [3.8, 4) is 11.5 Å². The Morgan fingerprint density at radius 2 is 1.83 bits per heavy atom. The lowest BCUT2D eigenvalue weighted by Crippen LogP contribution is -2.03. The van der Waals surface area contributed by atoms with Gasteiger partial charge in [-0.25, -0.2) is 0 Å². The molecule has 1 nitrogen and oxygen atoms in total. The van der Waals surface area contributed by atoms with Crippen molar-refractivity contribution in [2.24, 2.45) is 0 Å². The first-order valence-electron chi connectivity index (χ1n) is 5.89. The van der Waals surface area contributed by atoms with Gasteiger partial charge in [-0.05, 0) is 41.1 Å². The van der Waals surface area contributed by atoms with Gasteiger partial charge in [-0.2, -0.15) is 0 Å². The standard InChI is InChI=1S/C15H16ClOP/c1-10(2)12-8-7-11(9-15(12)18)17-14-6-4-3-5-13(14)16/h3-10H,18H2,1-2H3. The van der Waals surface area contributed by atoms with Gasteiger partial charge in [0.2, 0.25) is 0 Å². The Balaban J connectivity index is 2.26. The van der Waals surface area contributed by atoms with E-state index in [0.29, 0.717) is 16.7 Å². The molecule has 0 bridgehead atoms. The van der Waals surface area contributed by atoms with Crippen LogP contribution in [0.5, 0.6) is 11.5 Å². The molecule has 0 radical (unpaired) electrons. The van der Waals surface area contributed by atoms with Crippen molar-refractivity contribution in [3.05, 3.63) is 53.1 Å². The molecule has 3 heteroatoms. The van der Waals surface area contributed by atoms with Crippen LogP contribution in [0.15, 0.2) is 42.5 Å². The zero-order valence-electron chi connectivity index (χ0n) is 10.5. The zero-order valence-corrected chi connectivity index (χ0v) is 12.4. The van der Waals surface area contributed by atoms with E-state index in [1.807, 2.05) is 36.4 Å². The molecule has 18 heavy (non-hydrogen) atoms. The minimum absolute atomic E-state index is 0.506. The summed E-state index contributed by atoms with van der Waals surface area (Å²) in [5, 5.41) is 1.78. The van der Waals surface area contributed by atoms with Crippen molar-refractivity contribution in [3.63, 3.8) is 0 Å². The molecule has 0 heterocycles. The maximum absolute atomic E-state index is 6.07. The maximum atomic E-state index is 6.07. The van der Waals surface area contributed by atoms with Crippen LogP contribution in [0.25, 0.3) is 0 Å². The highest BCUT2D eigenvalue weighted by Gasteiger charge is 2.06. The summed E-state index contributed by atoms with van der Waals surface area (Å²) in [6.07, 6.45) is 0. The molecule has 94 valence electrons. The Labute approximate surface area is 115 Å². The Bertz CT molecular complexity index is 552. The Hall–Kier alpha value is -1.04. The SMILES string of the molecule is CC(C)c1ccc(Oc2ccccc2Cl)cc1P. The summed E-state index contributed by atoms with van der Waals surface area (Å²) in [6.45, 7) is 4.36. The van der Waals surface area contributed by atoms with Crippen molar-refractivity contribution in [2.75, 3.05) is 0 Å². The Morgan fingerprint density at radius 1 is 1.11 bits per heavy atom. The summed E-state index contributed by atoms with van der Waals surface area (Å²) in [7, 11) is 2.76. The van der Waals surface area contributed by atoms with Crippen LogP contribution in [0.4, 0.5) is 0 Å². The monoisotopic (exact) mass is 278 g/mol. The second-order valence-electron chi connectivity index (χ2n) is 4.48. The fourth-order valence-electron chi connectivity index (χ4n) is 1.80. The predicted octanol–water partition coefficient (Wildman–Crippen LogP) is 4.76. The number of ether oxygens (including phenoxy) is 1. The number of rotatable bonds is 3. The summed E-state index contributed by atoms with van der Waals surface area (Å²) in [4.78, 5) is 0. The summed E-state index contributed by atoms with van der Waals surface area (Å²) in [6, 6.07) is 13.6. The van der Waals surface area contributed by atoms with Gasteiger partial charge in [0.15, 0.2) is 0 Å². The molecule has 0 spiro atoms. The third-order valence-electron chi connectivity index (χ3n) is 2.74. The van der Waals surface area contributed by atoms with Crippen LogP contribution in [-0.4, -0.2) is 0 Å². The second-order valence-corrected chi connectivity index (χ2v) is 5.51. The van der Waals surface area contributed by atoms with Crippen LogP contribution in [0.2, 0.25) is 5.02 Å². The van der Waals surface area contributed by atoms with E-state index in [9.17, 15) is 0 Å². The van der Waals surface area contributed by atoms with Crippen molar-refractivity contribution in [1.29, 1.82) is 0 Å². The van der Waals surface area contributed by atoms with Crippen LogP contribution in [0.1, 0.15) is 25.3 Å². The molecule has 0 fully saturated rings. The van der Waals surface area contributed by atoms with Gasteiger partial charge in [0.05, 0.1) is 5.02 Å². The average molecular weight is 279 g/mol. The van der Waals surface area contributed by atoms with Gasteiger partial charge in [-0.15, -0.1) is 9.24 Å². The van der Waals surface area contributed by atoms with E-state index in [2.05, 4.69) is 29.2 Å². The molecule has 0 amide bonds. The topological polar surface area (TPSA) is 9.23 Å². The molecule has 0 saturated heterocycles. The normalized spacial score (nSPS) is 10.7. The minimum Gasteiger partial charge on any atom is -0.456 e. The molecule has 0 aliphatic rings. The average Bonchev–Trinajstić information content (AvgIpc) is 2.32. The number of hydrogen-bond acceptors (Lipinski definition) is 1. The van der Waals surface area contributed by atoms with E-state index >= 15 is 0 Å². The fourth-order valence-corrected chi connectivity index (χ4v) is 2.56. The van der Waals surface area contributed by atoms with E-state index in [4.69, 9.17) is 16.3 Å². The molecule has 2 rings (SSSR count). The van der Waals surface area contributed by atoms with Gasteiger partial charge < -0.3 is 4.74 Å². The molecular formula is C15H16ClOP. The Morgan fingerprint density at radius 3 is 2.44 bits per heavy atom. The smallest absolute Gasteiger partial charge is 0.146 e. The summed E-state index contributed by atoms with van der Waals surface area (Å²) >= 11 is 6.07. The molecule has 2 aromatic rings. The highest BCUT2D eigenvalue weighted by atomic mass is 35.5. The van der Waals surface area contributed by atoms with Gasteiger partial charge in [0, 0.05) is 0 Å². The predicted molar refractivity (Wildman–Crippen MR) is 81.4 cm³/mol. The number of benzene rings is 2. The third-order valence-corrected chi connectivity index (χ3v) is 3.56. The molecule has 1 atom stereocenters. The van der Waals surface area contributed by atoms with Crippen molar-refractivity contribution in [1.82, 2.24) is 0 Å². The third kappa shape index (κ3) is 3.04. The first-order chi connectivity index (χ1) is 8.58. The van der Waals surface area contributed by atoms with Crippen LogP contribution in [0, 0.1) is 0 Å². The van der Waals surface area contributed by atoms with Gasteiger partial charge in [0.1, 0.15) is 11.5 Å². The summed E-state index contributed by atoms with van der Waals surface area (Å²) in [5.41, 5.74) is 1.31. The second kappa shape index (κ2) is 5.73. The lowest BCUT2D eigenvalue weighted by atomic mass is 10.0. The largest absolute Gasteiger partial charge is 0.456 e. The van der Waals surface area contributed by atoms with E-state index < -0.39 is 0 Å². The van der Waals surface area contributed by atoms with E-state index in [1.54, 1.807) is 0 Å². The number of hydrogen-bond donors (Lipinski definition) is 0. The van der Waals surface area contributed by atoms with Gasteiger partial charge in [0.25, 0.3) is 0 Å².